The van der Waals surface area contributed by atoms with Gasteiger partial charge in [0.15, 0.2) is 5.12 Å². The zero-order valence-corrected chi connectivity index (χ0v) is 10.2. The molecule has 6 heteroatoms. The lowest BCUT2D eigenvalue weighted by Crippen LogP contribution is -2.52. The SMILES string of the molecule is CC(=O)SC1CN(C(=O)c2cccnc2N)C1. The average molecular weight is 251 g/mol. The van der Waals surface area contributed by atoms with E-state index < -0.39 is 0 Å². The summed E-state index contributed by atoms with van der Waals surface area (Å²) in [6.07, 6.45) is 1.55. The molecule has 1 saturated heterocycles. The van der Waals surface area contributed by atoms with Crippen molar-refractivity contribution in [1.29, 1.82) is 0 Å². The van der Waals surface area contributed by atoms with Gasteiger partial charge in [0, 0.05) is 31.5 Å². The number of thioether (sulfide) groups is 1. The molecule has 0 unspecified atom stereocenters. The Morgan fingerprint density at radius 1 is 1.53 bits per heavy atom. The number of likely N-dealkylation sites (tertiary alicyclic amines) is 1. The summed E-state index contributed by atoms with van der Waals surface area (Å²) < 4.78 is 0. The van der Waals surface area contributed by atoms with Gasteiger partial charge >= 0.3 is 0 Å². The van der Waals surface area contributed by atoms with Gasteiger partial charge < -0.3 is 10.6 Å². The van der Waals surface area contributed by atoms with E-state index in [1.165, 1.54) is 18.7 Å². The van der Waals surface area contributed by atoms with E-state index in [9.17, 15) is 9.59 Å². The maximum Gasteiger partial charge on any atom is 0.257 e. The van der Waals surface area contributed by atoms with Crippen LogP contribution < -0.4 is 5.73 Å². The topological polar surface area (TPSA) is 76.3 Å². The number of nitrogens with two attached hydrogens (primary N) is 1. The molecule has 0 atom stereocenters. The average Bonchev–Trinajstić information content (AvgIpc) is 2.22. The molecule has 1 amide bonds. The van der Waals surface area contributed by atoms with Crippen molar-refractivity contribution in [3.8, 4) is 0 Å². The Hall–Kier alpha value is -1.56. The number of pyridine rings is 1. The van der Waals surface area contributed by atoms with E-state index in [2.05, 4.69) is 4.98 Å². The standard InChI is InChI=1S/C11H13N3O2S/c1-7(15)17-8-5-14(6-8)11(16)9-3-2-4-13-10(9)12/h2-4,8H,5-6H2,1H3,(H2,12,13). The van der Waals surface area contributed by atoms with Crippen molar-refractivity contribution in [2.75, 3.05) is 18.8 Å². The minimum absolute atomic E-state index is 0.0861. The summed E-state index contributed by atoms with van der Waals surface area (Å²) >= 11 is 1.28. The van der Waals surface area contributed by atoms with E-state index in [0.29, 0.717) is 18.7 Å². The number of nitrogens with zero attached hydrogens (tertiary/aromatic N) is 2. The summed E-state index contributed by atoms with van der Waals surface area (Å²) in [7, 11) is 0. The molecule has 0 radical (unpaired) electrons. The number of nitrogen functional groups attached to an aromatic ring is 1. The third-order valence-electron chi connectivity index (χ3n) is 2.54. The van der Waals surface area contributed by atoms with Gasteiger partial charge in [0.25, 0.3) is 5.91 Å². The number of hydrogen-bond acceptors (Lipinski definition) is 5. The first kappa shape index (κ1) is 11.9. The second-order valence-corrected chi connectivity index (χ2v) is 5.36. The van der Waals surface area contributed by atoms with Crippen LogP contribution in [0.5, 0.6) is 0 Å². The minimum Gasteiger partial charge on any atom is -0.383 e. The molecule has 0 aromatic carbocycles. The van der Waals surface area contributed by atoms with Gasteiger partial charge in [0.1, 0.15) is 5.82 Å². The highest BCUT2D eigenvalue weighted by Crippen LogP contribution is 2.25. The quantitative estimate of drug-likeness (QED) is 0.840. The molecule has 2 heterocycles. The van der Waals surface area contributed by atoms with Crippen molar-refractivity contribution < 1.29 is 9.59 Å². The highest BCUT2D eigenvalue weighted by Gasteiger charge is 2.33. The monoisotopic (exact) mass is 251 g/mol. The van der Waals surface area contributed by atoms with Gasteiger partial charge in [0.2, 0.25) is 0 Å². The van der Waals surface area contributed by atoms with Crippen LogP contribution in [-0.2, 0) is 4.79 Å². The fourth-order valence-corrected chi connectivity index (χ4v) is 2.66. The number of anilines is 1. The summed E-state index contributed by atoms with van der Waals surface area (Å²) in [4.78, 5) is 28.4. The molecule has 1 aliphatic rings. The third kappa shape index (κ3) is 2.58. The number of carbonyl (C=O) groups excluding carboxylic acids is 2. The lowest BCUT2D eigenvalue weighted by atomic mass is 10.1. The van der Waals surface area contributed by atoms with Gasteiger partial charge in [-0.1, -0.05) is 11.8 Å². The van der Waals surface area contributed by atoms with Crippen LogP contribution in [0.1, 0.15) is 17.3 Å². The van der Waals surface area contributed by atoms with Gasteiger partial charge in [-0.3, -0.25) is 9.59 Å². The molecule has 0 bridgehead atoms. The molecule has 5 nitrogen and oxygen atoms in total. The Kier molecular flexibility index (Phi) is 3.33. The van der Waals surface area contributed by atoms with Crippen molar-refractivity contribution in [2.24, 2.45) is 0 Å². The minimum atomic E-state index is -0.115. The van der Waals surface area contributed by atoms with Crippen LogP contribution in [0.4, 0.5) is 5.82 Å². The first-order valence-corrected chi connectivity index (χ1v) is 6.13. The molecule has 2 N–H and O–H groups in total. The maximum absolute atomic E-state index is 12.0. The number of aromatic nitrogens is 1. The fourth-order valence-electron chi connectivity index (χ4n) is 1.68. The van der Waals surface area contributed by atoms with E-state index in [1.807, 2.05) is 0 Å². The predicted molar refractivity (Wildman–Crippen MR) is 66.6 cm³/mol. The van der Waals surface area contributed by atoms with Gasteiger partial charge in [-0.25, -0.2) is 4.98 Å². The predicted octanol–water partition coefficient (Wildman–Crippen LogP) is 0.768. The van der Waals surface area contributed by atoms with Gasteiger partial charge in [0.05, 0.1) is 5.56 Å². The smallest absolute Gasteiger partial charge is 0.257 e. The summed E-state index contributed by atoms with van der Waals surface area (Å²) in [5.74, 6) is 0.135. The molecule has 17 heavy (non-hydrogen) atoms. The number of carbonyl (C=O) groups is 2. The Bertz CT molecular complexity index is 458. The molecule has 2 rings (SSSR count). The van der Waals surface area contributed by atoms with E-state index in [0.717, 1.165) is 0 Å². The first-order valence-electron chi connectivity index (χ1n) is 5.25. The molecule has 0 spiro atoms. The summed E-state index contributed by atoms with van der Waals surface area (Å²) in [6, 6.07) is 3.35. The lowest BCUT2D eigenvalue weighted by molar-refractivity contribution is -0.109. The summed E-state index contributed by atoms with van der Waals surface area (Å²) in [6.45, 7) is 2.73. The van der Waals surface area contributed by atoms with Crippen molar-refractivity contribution >= 4 is 28.6 Å². The Labute approximate surface area is 103 Å². The molecular weight excluding hydrogens is 238 g/mol. The Balaban J connectivity index is 1.96. The van der Waals surface area contributed by atoms with Gasteiger partial charge in [-0.2, -0.15) is 0 Å². The van der Waals surface area contributed by atoms with Crippen molar-refractivity contribution in [2.45, 2.75) is 12.2 Å². The van der Waals surface area contributed by atoms with E-state index in [4.69, 9.17) is 5.73 Å². The first-order chi connectivity index (χ1) is 8.08. The Morgan fingerprint density at radius 2 is 2.24 bits per heavy atom. The molecule has 0 aliphatic carbocycles. The van der Waals surface area contributed by atoms with Crippen LogP contribution in [0.3, 0.4) is 0 Å². The summed E-state index contributed by atoms with van der Waals surface area (Å²) in [5.41, 5.74) is 6.06. The second kappa shape index (κ2) is 4.75. The zero-order chi connectivity index (χ0) is 12.4. The molecule has 1 aliphatic heterocycles. The number of rotatable bonds is 2. The normalized spacial score (nSPS) is 15.5. The van der Waals surface area contributed by atoms with Crippen molar-refractivity contribution in [3.63, 3.8) is 0 Å². The van der Waals surface area contributed by atoms with E-state index in [1.54, 1.807) is 23.2 Å². The number of hydrogen-bond donors (Lipinski definition) is 1. The van der Waals surface area contributed by atoms with Crippen molar-refractivity contribution in [1.82, 2.24) is 9.88 Å². The summed E-state index contributed by atoms with van der Waals surface area (Å²) in [5, 5.41) is 0.303. The molecule has 90 valence electrons. The molecule has 1 fully saturated rings. The van der Waals surface area contributed by atoms with Gasteiger partial charge in [-0.15, -0.1) is 0 Å². The molecule has 1 aromatic rings. The third-order valence-corrected chi connectivity index (χ3v) is 3.50. The van der Waals surface area contributed by atoms with E-state index >= 15 is 0 Å². The van der Waals surface area contributed by atoms with Crippen LogP contribution in [-0.4, -0.2) is 39.2 Å². The fraction of sp³-hybridized carbons (Fsp3) is 0.364. The van der Waals surface area contributed by atoms with Crippen LogP contribution in [0.2, 0.25) is 0 Å². The van der Waals surface area contributed by atoms with E-state index in [-0.39, 0.29) is 22.1 Å². The van der Waals surface area contributed by atoms with Crippen LogP contribution in [0, 0.1) is 0 Å². The lowest BCUT2D eigenvalue weighted by Gasteiger charge is -2.38. The molecule has 1 aromatic heterocycles. The maximum atomic E-state index is 12.0. The van der Waals surface area contributed by atoms with Crippen LogP contribution in [0.15, 0.2) is 18.3 Å². The van der Waals surface area contributed by atoms with Crippen LogP contribution >= 0.6 is 11.8 Å². The van der Waals surface area contributed by atoms with Gasteiger partial charge in [-0.05, 0) is 12.1 Å². The van der Waals surface area contributed by atoms with Crippen molar-refractivity contribution in [3.05, 3.63) is 23.9 Å². The van der Waals surface area contributed by atoms with Crippen LogP contribution in [0.25, 0.3) is 0 Å². The zero-order valence-electron chi connectivity index (χ0n) is 9.42. The molecule has 0 saturated carbocycles. The number of amides is 1. The Morgan fingerprint density at radius 3 is 2.82 bits per heavy atom. The highest BCUT2D eigenvalue weighted by atomic mass is 32.2. The second-order valence-electron chi connectivity index (χ2n) is 3.88. The molecular formula is C11H13N3O2S. The highest BCUT2D eigenvalue weighted by molar-refractivity contribution is 8.14. The largest absolute Gasteiger partial charge is 0.383 e.